The summed E-state index contributed by atoms with van der Waals surface area (Å²) in [4.78, 5) is 14.8. The molecule has 1 fully saturated rings. The Kier molecular flexibility index (Phi) is 6.36. The van der Waals surface area contributed by atoms with Crippen LogP contribution >= 0.6 is 0 Å². The smallest absolute Gasteiger partial charge is 0.264 e. The number of para-hydroxylation sites is 1. The van der Waals surface area contributed by atoms with Crippen molar-refractivity contribution in [2.45, 2.75) is 30.8 Å². The molecule has 1 aliphatic heterocycles. The molecule has 0 saturated carbocycles. The van der Waals surface area contributed by atoms with E-state index in [0.717, 1.165) is 19.4 Å². The standard InChI is InChI=1S/C21H26N2O4S/c1-3-23(16-19-12-8-14-27-19)21(24)17-9-7-13-20(15-17)28(25,26)22(2)18-10-5-4-6-11-18/h4-7,9-11,13,15,19H,3,8,12,14,16H2,1-2H3. The molecule has 0 bridgehead atoms. The fraction of sp³-hybridized carbons (Fsp3) is 0.381. The molecule has 6 nitrogen and oxygen atoms in total. The Morgan fingerprint density at radius 1 is 1.14 bits per heavy atom. The van der Waals surface area contributed by atoms with Crippen LogP contribution in [0.4, 0.5) is 5.69 Å². The minimum absolute atomic E-state index is 0.0556. The molecular formula is C21H26N2O4S. The van der Waals surface area contributed by atoms with Gasteiger partial charge in [0.25, 0.3) is 15.9 Å². The zero-order chi connectivity index (χ0) is 20.1. The first-order chi connectivity index (χ1) is 13.4. The lowest BCUT2D eigenvalue weighted by atomic mass is 10.1. The highest BCUT2D eigenvalue weighted by atomic mass is 32.2. The van der Waals surface area contributed by atoms with Gasteiger partial charge >= 0.3 is 0 Å². The third-order valence-electron chi connectivity index (χ3n) is 4.98. The van der Waals surface area contributed by atoms with Crippen molar-refractivity contribution in [2.24, 2.45) is 0 Å². The fourth-order valence-corrected chi connectivity index (χ4v) is 4.54. The number of anilines is 1. The Balaban J connectivity index is 1.83. The van der Waals surface area contributed by atoms with E-state index in [4.69, 9.17) is 4.74 Å². The second-order valence-corrected chi connectivity index (χ2v) is 8.78. The van der Waals surface area contributed by atoms with Gasteiger partial charge in [0.05, 0.1) is 16.7 Å². The molecule has 0 aromatic heterocycles. The fourth-order valence-electron chi connectivity index (χ4n) is 3.30. The SMILES string of the molecule is CCN(CC1CCCO1)C(=O)c1cccc(S(=O)(=O)N(C)c2ccccc2)c1. The van der Waals surface area contributed by atoms with Crippen LogP contribution in [0.25, 0.3) is 0 Å². The third-order valence-corrected chi connectivity index (χ3v) is 6.76. The number of carbonyl (C=O) groups excluding carboxylic acids is 1. The number of hydrogen-bond acceptors (Lipinski definition) is 4. The van der Waals surface area contributed by atoms with Crippen LogP contribution < -0.4 is 4.31 Å². The summed E-state index contributed by atoms with van der Waals surface area (Å²) in [5, 5.41) is 0. The molecule has 2 aromatic rings. The highest BCUT2D eigenvalue weighted by molar-refractivity contribution is 7.92. The predicted octanol–water partition coefficient (Wildman–Crippen LogP) is 3.15. The topological polar surface area (TPSA) is 66.9 Å². The normalized spacial score (nSPS) is 16.7. The van der Waals surface area contributed by atoms with Crippen LogP contribution in [0, 0.1) is 0 Å². The monoisotopic (exact) mass is 402 g/mol. The number of ether oxygens (including phenoxy) is 1. The number of nitrogens with zero attached hydrogens (tertiary/aromatic N) is 2. The van der Waals surface area contributed by atoms with Crippen LogP contribution in [0.2, 0.25) is 0 Å². The van der Waals surface area contributed by atoms with Gasteiger partial charge in [0, 0.05) is 32.3 Å². The van der Waals surface area contributed by atoms with E-state index in [1.165, 1.54) is 23.5 Å². The quantitative estimate of drug-likeness (QED) is 0.714. The zero-order valence-corrected chi connectivity index (χ0v) is 17.1. The zero-order valence-electron chi connectivity index (χ0n) is 16.2. The number of sulfonamides is 1. The van der Waals surface area contributed by atoms with Gasteiger partial charge in [-0.05, 0) is 50.1 Å². The number of carbonyl (C=O) groups is 1. The Morgan fingerprint density at radius 3 is 2.54 bits per heavy atom. The van der Waals surface area contributed by atoms with Crippen molar-refractivity contribution in [2.75, 3.05) is 31.0 Å². The Bertz CT molecular complexity index is 909. The van der Waals surface area contributed by atoms with Crippen LogP contribution in [0.3, 0.4) is 0 Å². The van der Waals surface area contributed by atoms with Gasteiger partial charge in [-0.1, -0.05) is 24.3 Å². The average Bonchev–Trinajstić information content (AvgIpc) is 3.25. The Hall–Kier alpha value is -2.38. The lowest BCUT2D eigenvalue weighted by Crippen LogP contribution is -2.37. The predicted molar refractivity (Wildman–Crippen MR) is 109 cm³/mol. The van der Waals surface area contributed by atoms with Crippen LogP contribution in [0.1, 0.15) is 30.1 Å². The van der Waals surface area contributed by atoms with Gasteiger partial charge in [0.2, 0.25) is 0 Å². The summed E-state index contributed by atoms with van der Waals surface area (Å²) in [6.45, 7) is 3.71. The average molecular weight is 403 g/mol. The summed E-state index contributed by atoms with van der Waals surface area (Å²) in [6.07, 6.45) is 2.01. The minimum atomic E-state index is -3.76. The van der Waals surface area contributed by atoms with E-state index in [2.05, 4.69) is 0 Å². The van der Waals surface area contributed by atoms with Crippen molar-refractivity contribution in [1.82, 2.24) is 4.90 Å². The largest absolute Gasteiger partial charge is 0.376 e. The highest BCUT2D eigenvalue weighted by Gasteiger charge is 2.25. The van der Waals surface area contributed by atoms with Crippen LogP contribution in [-0.2, 0) is 14.8 Å². The van der Waals surface area contributed by atoms with E-state index >= 15 is 0 Å². The van der Waals surface area contributed by atoms with E-state index in [9.17, 15) is 13.2 Å². The molecule has 1 saturated heterocycles. The van der Waals surface area contributed by atoms with E-state index < -0.39 is 10.0 Å². The second-order valence-electron chi connectivity index (χ2n) is 6.81. The number of benzene rings is 2. The van der Waals surface area contributed by atoms with Crippen LogP contribution in [0.5, 0.6) is 0 Å². The van der Waals surface area contributed by atoms with E-state index in [0.29, 0.717) is 24.3 Å². The minimum Gasteiger partial charge on any atom is -0.376 e. The first-order valence-electron chi connectivity index (χ1n) is 9.48. The summed E-state index contributed by atoms with van der Waals surface area (Å²) >= 11 is 0. The molecule has 7 heteroatoms. The molecule has 2 aromatic carbocycles. The van der Waals surface area contributed by atoms with Gasteiger partial charge in [0.1, 0.15) is 0 Å². The summed E-state index contributed by atoms with van der Waals surface area (Å²) in [7, 11) is -2.26. The van der Waals surface area contributed by atoms with Gasteiger partial charge in [0.15, 0.2) is 0 Å². The molecule has 3 rings (SSSR count). The van der Waals surface area contributed by atoms with Crippen molar-refractivity contribution in [3.05, 3.63) is 60.2 Å². The van der Waals surface area contributed by atoms with Gasteiger partial charge in [-0.25, -0.2) is 8.42 Å². The molecule has 1 amide bonds. The molecule has 1 atom stereocenters. The van der Waals surface area contributed by atoms with E-state index in [-0.39, 0.29) is 16.9 Å². The maximum Gasteiger partial charge on any atom is 0.264 e. The Labute approximate surface area is 166 Å². The number of likely N-dealkylation sites (N-methyl/N-ethyl adjacent to an activating group) is 1. The second kappa shape index (κ2) is 8.75. The maximum atomic E-state index is 13.0. The lowest BCUT2D eigenvalue weighted by Gasteiger charge is -2.24. The summed E-state index contributed by atoms with van der Waals surface area (Å²) in [6, 6.07) is 15.1. The third kappa shape index (κ3) is 4.36. The van der Waals surface area contributed by atoms with Crippen molar-refractivity contribution >= 4 is 21.6 Å². The summed E-state index contributed by atoms with van der Waals surface area (Å²) in [5.41, 5.74) is 0.926. The van der Waals surface area contributed by atoms with Gasteiger partial charge in [-0.2, -0.15) is 0 Å². The highest BCUT2D eigenvalue weighted by Crippen LogP contribution is 2.23. The van der Waals surface area contributed by atoms with Crippen molar-refractivity contribution in [1.29, 1.82) is 0 Å². The molecule has 0 aliphatic carbocycles. The molecule has 0 radical (unpaired) electrons. The molecule has 0 N–H and O–H groups in total. The lowest BCUT2D eigenvalue weighted by molar-refractivity contribution is 0.0539. The van der Waals surface area contributed by atoms with E-state index in [1.54, 1.807) is 41.3 Å². The molecule has 1 unspecified atom stereocenters. The molecule has 28 heavy (non-hydrogen) atoms. The first kappa shape index (κ1) is 20.4. The van der Waals surface area contributed by atoms with E-state index in [1.807, 2.05) is 13.0 Å². The number of rotatable bonds is 7. The molecule has 0 spiro atoms. The summed E-state index contributed by atoms with van der Waals surface area (Å²) < 4.78 is 32.9. The Morgan fingerprint density at radius 2 is 1.89 bits per heavy atom. The molecular weight excluding hydrogens is 376 g/mol. The molecule has 150 valence electrons. The van der Waals surface area contributed by atoms with Crippen molar-refractivity contribution in [3.63, 3.8) is 0 Å². The number of hydrogen-bond donors (Lipinski definition) is 0. The van der Waals surface area contributed by atoms with Gasteiger partial charge in [-0.15, -0.1) is 0 Å². The summed E-state index contributed by atoms with van der Waals surface area (Å²) in [5.74, 6) is -0.183. The molecule has 1 aliphatic rings. The van der Waals surface area contributed by atoms with Gasteiger partial charge in [-0.3, -0.25) is 9.10 Å². The maximum absolute atomic E-state index is 13.0. The van der Waals surface area contributed by atoms with Crippen LogP contribution in [-0.4, -0.2) is 52.1 Å². The number of amides is 1. The van der Waals surface area contributed by atoms with Gasteiger partial charge < -0.3 is 9.64 Å². The van der Waals surface area contributed by atoms with Crippen molar-refractivity contribution in [3.8, 4) is 0 Å². The van der Waals surface area contributed by atoms with Crippen LogP contribution in [0.15, 0.2) is 59.5 Å². The first-order valence-corrected chi connectivity index (χ1v) is 10.9. The molecule has 1 heterocycles. The van der Waals surface area contributed by atoms with Crippen molar-refractivity contribution < 1.29 is 17.9 Å².